The summed E-state index contributed by atoms with van der Waals surface area (Å²) in [7, 11) is 0. The maximum atomic E-state index is 14.2. The van der Waals surface area contributed by atoms with E-state index < -0.39 is 11.6 Å². The van der Waals surface area contributed by atoms with Crippen molar-refractivity contribution in [1.29, 1.82) is 0 Å². The van der Waals surface area contributed by atoms with E-state index in [-0.39, 0.29) is 11.9 Å². The highest BCUT2D eigenvalue weighted by molar-refractivity contribution is 5.86. The van der Waals surface area contributed by atoms with Crippen molar-refractivity contribution in [3.8, 4) is 5.75 Å². The number of hydrogen-bond donors (Lipinski definition) is 2. The van der Waals surface area contributed by atoms with Crippen LogP contribution in [0.2, 0.25) is 0 Å². The number of carbonyl (C=O) groups is 1. The number of rotatable bonds is 7. The quantitative estimate of drug-likeness (QED) is 0.463. The van der Waals surface area contributed by atoms with Crippen molar-refractivity contribution in [2.45, 2.75) is 63.6 Å². The Labute approximate surface area is 188 Å². The molecule has 3 atom stereocenters. The standard InChI is InChI=1S/C27H30FNO3/c1-17(22-14-15-25(28)24-7-5-4-6-23(22)24)29-20-11-8-19(16-20)18-9-12-21(13-10-18)32-27(2,3)26(30)31/h4-7,9-10,12-15,17,19-20,29H,8,11,16H2,1-3H3,(H,30,31)/t17-,19-,20+/m1/s1. The minimum absolute atomic E-state index is 0.123. The average molecular weight is 436 g/mol. The molecule has 4 nitrogen and oxygen atoms in total. The van der Waals surface area contributed by atoms with Gasteiger partial charge in [-0.15, -0.1) is 0 Å². The molecule has 32 heavy (non-hydrogen) atoms. The van der Waals surface area contributed by atoms with Gasteiger partial charge in [0.2, 0.25) is 0 Å². The van der Waals surface area contributed by atoms with Gasteiger partial charge in [0.25, 0.3) is 0 Å². The number of benzene rings is 3. The van der Waals surface area contributed by atoms with Crippen LogP contribution < -0.4 is 10.1 Å². The number of ether oxygens (including phenoxy) is 1. The van der Waals surface area contributed by atoms with Gasteiger partial charge in [0.1, 0.15) is 11.6 Å². The molecule has 1 aliphatic carbocycles. The SMILES string of the molecule is C[C@@H](N[C@H]1CC[C@@H](c2ccc(OC(C)(C)C(=O)O)cc2)C1)c1ccc(F)c2ccccc12. The Balaban J connectivity index is 1.40. The predicted molar refractivity (Wildman–Crippen MR) is 125 cm³/mol. The third kappa shape index (κ3) is 4.63. The van der Waals surface area contributed by atoms with Gasteiger partial charge in [0, 0.05) is 17.5 Å². The predicted octanol–water partition coefficient (Wildman–Crippen LogP) is 6.21. The molecule has 0 radical (unpaired) electrons. The molecule has 3 aromatic rings. The van der Waals surface area contributed by atoms with Crippen LogP contribution in [0, 0.1) is 5.82 Å². The lowest BCUT2D eigenvalue weighted by Gasteiger charge is -2.22. The van der Waals surface area contributed by atoms with Crippen molar-refractivity contribution in [3.63, 3.8) is 0 Å². The van der Waals surface area contributed by atoms with Gasteiger partial charge in [-0.05, 0) is 80.7 Å². The summed E-state index contributed by atoms with van der Waals surface area (Å²) in [4.78, 5) is 11.3. The Morgan fingerprint density at radius 2 is 1.75 bits per heavy atom. The van der Waals surface area contributed by atoms with Crippen molar-refractivity contribution >= 4 is 16.7 Å². The van der Waals surface area contributed by atoms with Crippen LogP contribution in [0.3, 0.4) is 0 Å². The Morgan fingerprint density at radius 3 is 2.44 bits per heavy atom. The number of hydrogen-bond acceptors (Lipinski definition) is 3. The molecule has 2 N–H and O–H groups in total. The first-order valence-corrected chi connectivity index (χ1v) is 11.2. The van der Waals surface area contributed by atoms with E-state index in [0.29, 0.717) is 23.1 Å². The topological polar surface area (TPSA) is 58.6 Å². The average Bonchev–Trinajstić information content (AvgIpc) is 3.22. The maximum absolute atomic E-state index is 14.2. The summed E-state index contributed by atoms with van der Waals surface area (Å²) in [6.07, 6.45) is 3.21. The highest BCUT2D eigenvalue weighted by atomic mass is 19.1. The molecule has 0 bridgehead atoms. The first-order chi connectivity index (χ1) is 15.2. The van der Waals surface area contributed by atoms with Gasteiger partial charge in [-0.3, -0.25) is 0 Å². The van der Waals surface area contributed by atoms with Crippen LogP contribution in [-0.2, 0) is 4.79 Å². The molecule has 0 aliphatic heterocycles. The molecule has 168 valence electrons. The molecule has 0 saturated heterocycles. The van der Waals surface area contributed by atoms with Gasteiger partial charge in [-0.2, -0.15) is 0 Å². The largest absolute Gasteiger partial charge is 0.478 e. The summed E-state index contributed by atoms with van der Waals surface area (Å²) in [6.45, 7) is 5.23. The minimum atomic E-state index is -1.26. The number of halogens is 1. The fraction of sp³-hybridized carbons (Fsp3) is 0.370. The zero-order valence-corrected chi connectivity index (χ0v) is 18.8. The molecular formula is C27H30FNO3. The first kappa shape index (κ1) is 22.3. The summed E-state index contributed by atoms with van der Waals surface area (Å²) < 4.78 is 19.8. The molecule has 0 spiro atoms. The Kier molecular flexibility index (Phi) is 6.20. The lowest BCUT2D eigenvalue weighted by Crippen LogP contribution is -2.37. The van der Waals surface area contributed by atoms with E-state index in [4.69, 9.17) is 4.74 Å². The van der Waals surface area contributed by atoms with Gasteiger partial charge >= 0.3 is 5.97 Å². The molecular weight excluding hydrogens is 405 g/mol. The van der Waals surface area contributed by atoms with E-state index in [9.17, 15) is 14.3 Å². The normalized spacial score (nSPS) is 19.8. The van der Waals surface area contributed by atoms with E-state index in [1.54, 1.807) is 19.9 Å². The van der Waals surface area contributed by atoms with Gasteiger partial charge in [-0.1, -0.05) is 42.5 Å². The maximum Gasteiger partial charge on any atom is 0.347 e. The van der Waals surface area contributed by atoms with E-state index in [1.807, 2.05) is 54.6 Å². The third-order valence-corrected chi connectivity index (χ3v) is 6.53. The van der Waals surface area contributed by atoms with E-state index in [0.717, 1.165) is 30.2 Å². The van der Waals surface area contributed by atoms with Crippen molar-refractivity contribution in [1.82, 2.24) is 5.32 Å². The van der Waals surface area contributed by atoms with Crippen molar-refractivity contribution in [2.75, 3.05) is 0 Å². The molecule has 0 unspecified atom stereocenters. The second-order valence-corrected chi connectivity index (χ2v) is 9.26. The molecule has 1 saturated carbocycles. The first-order valence-electron chi connectivity index (χ1n) is 11.2. The summed E-state index contributed by atoms with van der Waals surface area (Å²) in [6, 6.07) is 19.4. The molecule has 4 rings (SSSR count). The van der Waals surface area contributed by atoms with E-state index in [1.165, 1.54) is 5.56 Å². The summed E-state index contributed by atoms with van der Waals surface area (Å²) in [5, 5.41) is 14.6. The van der Waals surface area contributed by atoms with E-state index >= 15 is 0 Å². The number of fused-ring (bicyclic) bond motifs is 1. The van der Waals surface area contributed by atoms with Gasteiger partial charge < -0.3 is 15.2 Å². The minimum Gasteiger partial charge on any atom is -0.478 e. The van der Waals surface area contributed by atoms with Crippen LogP contribution in [0.4, 0.5) is 4.39 Å². The van der Waals surface area contributed by atoms with Crippen molar-refractivity contribution in [3.05, 3.63) is 77.6 Å². The highest BCUT2D eigenvalue weighted by Gasteiger charge is 2.30. The van der Waals surface area contributed by atoms with Crippen molar-refractivity contribution < 1.29 is 19.0 Å². The number of carboxylic acid groups (broad SMARTS) is 1. The fourth-order valence-electron chi connectivity index (χ4n) is 4.69. The summed E-state index contributed by atoms with van der Waals surface area (Å²) in [5.74, 6) is -0.164. The zero-order valence-electron chi connectivity index (χ0n) is 18.8. The van der Waals surface area contributed by atoms with Gasteiger partial charge in [0.05, 0.1) is 0 Å². The second-order valence-electron chi connectivity index (χ2n) is 9.26. The smallest absolute Gasteiger partial charge is 0.347 e. The molecule has 1 fully saturated rings. The monoisotopic (exact) mass is 435 g/mol. The lowest BCUT2D eigenvalue weighted by atomic mass is 9.96. The van der Waals surface area contributed by atoms with E-state index in [2.05, 4.69) is 12.2 Å². The molecule has 5 heteroatoms. The van der Waals surface area contributed by atoms with Crippen LogP contribution in [0.25, 0.3) is 10.8 Å². The fourth-order valence-corrected chi connectivity index (χ4v) is 4.69. The van der Waals surface area contributed by atoms with Crippen LogP contribution >= 0.6 is 0 Å². The number of carboxylic acids is 1. The van der Waals surface area contributed by atoms with Crippen molar-refractivity contribution in [2.24, 2.45) is 0 Å². The summed E-state index contributed by atoms with van der Waals surface area (Å²) >= 11 is 0. The van der Waals surface area contributed by atoms with Crippen LogP contribution in [0.1, 0.15) is 63.1 Å². The molecule has 0 aromatic heterocycles. The Bertz CT molecular complexity index is 1110. The molecule has 3 aromatic carbocycles. The molecule has 0 amide bonds. The molecule has 1 aliphatic rings. The van der Waals surface area contributed by atoms with Crippen LogP contribution in [0.5, 0.6) is 5.75 Å². The Hall–Kier alpha value is -2.92. The molecule has 0 heterocycles. The zero-order chi connectivity index (χ0) is 22.9. The number of aliphatic carboxylic acids is 1. The highest BCUT2D eigenvalue weighted by Crippen LogP contribution is 2.37. The lowest BCUT2D eigenvalue weighted by molar-refractivity contribution is -0.152. The van der Waals surface area contributed by atoms with Gasteiger partial charge in [-0.25, -0.2) is 9.18 Å². The van der Waals surface area contributed by atoms with Crippen LogP contribution in [-0.4, -0.2) is 22.7 Å². The Morgan fingerprint density at radius 1 is 1.06 bits per heavy atom. The third-order valence-electron chi connectivity index (χ3n) is 6.53. The second kappa shape index (κ2) is 8.91. The number of nitrogens with one attached hydrogen (secondary N) is 1. The van der Waals surface area contributed by atoms with Gasteiger partial charge in [0.15, 0.2) is 5.60 Å². The summed E-state index contributed by atoms with van der Waals surface area (Å²) in [5.41, 5.74) is 1.10. The van der Waals surface area contributed by atoms with Crippen LogP contribution in [0.15, 0.2) is 60.7 Å².